The molecule has 1 heterocycles. The van der Waals surface area contributed by atoms with Crippen molar-refractivity contribution in [2.24, 2.45) is 5.41 Å². The molecule has 0 radical (unpaired) electrons. The van der Waals surface area contributed by atoms with Crippen LogP contribution in [0, 0.1) is 5.41 Å². The second-order valence-corrected chi connectivity index (χ2v) is 7.83. The van der Waals surface area contributed by atoms with Crippen LogP contribution in [0.1, 0.15) is 53.9 Å². The molecule has 0 aromatic carbocycles. The zero-order chi connectivity index (χ0) is 11.5. The molecular formula is C13H27NS. The van der Waals surface area contributed by atoms with Gasteiger partial charge in [-0.3, -0.25) is 0 Å². The Kier molecular flexibility index (Phi) is 4.54. The third-order valence-corrected chi connectivity index (χ3v) is 3.94. The number of nitrogens with one attached hydrogen (secondary N) is 1. The second kappa shape index (κ2) is 5.09. The van der Waals surface area contributed by atoms with Crippen LogP contribution < -0.4 is 5.32 Å². The number of thioether (sulfide) groups is 1. The highest BCUT2D eigenvalue weighted by atomic mass is 32.2. The smallest absolute Gasteiger partial charge is 0.0163 e. The van der Waals surface area contributed by atoms with Gasteiger partial charge in [-0.1, -0.05) is 20.8 Å². The second-order valence-electron chi connectivity index (χ2n) is 6.68. The number of rotatable bonds is 3. The first-order valence-electron chi connectivity index (χ1n) is 6.14. The Bertz CT molecular complexity index is 187. The van der Waals surface area contributed by atoms with Crippen LogP contribution in [-0.2, 0) is 0 Å². The third kappa shape index (κ3) is 5.82. The van der Waals surface area contributed by atoms with Gasteiger partial charge in [-0.2, -0.15) is 11.8 Å². The van der Waals surface area contributed by atoms with Gasteiger partial charge in [-0.05, 0) is 44.3 Å². The molecule has 1 atom stereocenters. The Morgan fingerprint density at radius 1 is 1.20 bits per heavy atom. The lowest BCUT2D eigenvalue weighted by Crippen LogP contribution is -2.49. The summed E-state index contributed by atoms with van der Waals surface area (Å²) >= 11 is 2.10. The standard InChI is InChI=1S/C13H27NS/c1-12(2,3)10-13(4,5)14-11-7-6-8-15-9-11/h11,14H,6-10H2,1-5H3/t11-/m0/s1. The molecule has 0 bridgehead atoms. The van der Waals surface area contributed by atoms with Crippen molar-refractivity contribution in [3.63, 3.8) is 0 Å². The SMILES string of the molecule is CC(C)(C)CC(C)(C)N[C@H]1CCCSC1. The lowest BCUT2D eigenvalue weighted by molar-refractivity contribution is 0.223. The third-order valence-electron chi connectivity index (χ3n) is 2.73. The van der Waals surface area contributed by atoms with Crippen molar-refractivity contribution in [3.8, 4) is 0 Å². The minimum Gasteiger partial charge on any atom is -0.308 e. The first-order chi connectivity index (χ1) is 6.79. The van der Waals surface area contributed by atoms with E-state index in [4.69, 9.17) is 0 Å². The Balaban J connectivity index is 2.40. The molecule has 0 saturated carbocycles. The molecule has 2 heteroatoms. The molecular weight excluding hydrogens is 202 g/mol. The van der Waals surface area contributed by atoms with E-state index >= 15 is 0 Å². The Hall–Kier alpha value is 0.310. The van der Waals surface area contributed by atoms with Crippen LogP contribution in [0.5, 0.6) is 0 Å². The predicted molar refractivity (Wildman–Crippen MR) is 71.6 cm³/mol. The van der Waals surface area contributed by atoms with Crippen molar-refractivity contribution in [2.45, 2.75) is 65.5 Å². The summed E-state index contributed by atoms with van der Waals surface area (Å²) in [6, 6.07) is 0.737. The van der Waals surface area contributed by atoms with Crippen molar-refractivity contribution >= 4 is 11.8 Å². The van der Waals surface area contributed by atoms with Gasteiger partial charge in [0, 0.05) is 17.3 Å². The molecule has 0 aromatic heterocycles. The predicted octanol–water partition coefficient (Wildman–Crippen LogP) is 3.69. The molecule has 1 fully saturated rings. The van der Waals surface area contributed by atoms with Gasteiger partial charge in [-0.25, -0.2) is 0 Å². The molecule has 1 aliphatic rings. The molecule has 0 amide bonds. The van der Waals surface area contributed by atoms with E-state index in [9.17, 15) is 0 Å². The first-order valence-corrected chi connectivity index (χ1v) is 7.29. The van der Waals surface area contributed by atoms with Crippen molar-refractivity contribution in [1.29, 1.82) is 0 Å². The van der Waals surface area contributed by atoms with Gasteiger partial charge in [0.25, 0.3) is 0 Å². The maximum Gasteiger partial charge on any atom is 0.0163 e. The van der Waals surface area contributed by atoms with Gasteiger partial charge in [0.2, 0.25) is 0 Å². The summed E-state index contributed by atoms with van der Waals surface area (Å²) in [5.74, 6) is 2.66. The molecule has 1 saturated heterocycles. The van der Waals surface area contributed by atoms with E-state index in [1.165, 1.54) is 30.8 Å². The summed E-state index contributed by atoms with van der Waals surface area (Å²) in [6.45, 7) is 11.7. The van der Waals surface area contributed by atoms with E-state index in [0.717, 1.165) is 6.04 Å². The molecule has 0 aliphatic carbocycles. The highest BCUT2D eigenvalue weighted by molar-refractivity contribution is 7.99. The van der Waals surface area contributed by atoms with Crippen molar-refractivity contribution in [2.75, 3.05) is 11.5 Å². The molecule has 1 nitrogen and oxygen atoms in total. The highest BCUT2D eigenvalue weighted by Gasteiger charge is 2.28. The minimum atomic E-state index is 0.279. The van der Waals surface area contributed by atoms with Crippen molar-refractivity contribution in [1.82, 2.24) is 5.32 Å². The van der Waals surface area contributed by atoms with Crippen LogP contribution in [0.25, 0.3) is 0 Å². The molecule has 1 rings (SSSR count). The normalized spacial score (nSPS) is 24.2. The first kappa shape index (κ1) is 13.4. The topological polar surface area (TPSA) is 12.0 Å². The summed E-state index contributed by atoms with van der Waals surface area (Å²) in [7, 11) is 0. The van der Waals surface area contributed by atoms with E-state index in [1.807, 2.05) is 0 Å². The zero-order valence-corrected chi connectivity index (χ0v) is 11.8. The summed E-state index contributed by atoms with van der Waals surface area (Å²) in [5.41, 5.74) is 0.694. The number of hydrogen-bond donors (Lipinski definition) is 1. The molecule has 1 N–H and O–H groups in total. The summed E-state index contributed by atoms with van der Waals surface area (Å²) in [4.78, 5) is 0. The van der Waals surface area contributed by atoms with Gasteiger partial charge in [-0.15, -0.1) is 0 Å². The van der Waals surface area contributed by atoms with Gasteiger partial charge in [0.15, 0.2) is 0 Å². The van der Waals surface area contributed by atoms with Crippen LogP contribution in [0.3, 0.4) is 0 Å². The molecule has 0 spiro atoms. The minimum absolute atomic E-state index is 0.279. The lowest BCUT2D eigenvalue weighted by atomic mass is 9.81. The van der Waals surface area contributed by atoms with Crippen LogP contribution in [0.4, 0.5) is 0 Å². The van der Waals surface area contributed by atoms with E-state index < -0.39 is 0 Å². The largest absolute Gasteiger partial charge is 0.308 e. The fourth-order valence-corrected chi connectivity index (χ4v) is 3.86. The van der Waals surface area contributed by atoms with E-state index in [1.54, 1.807) is 0 Å². The van der Waals surface area contributed by atoms with Crippen molar-refractivity contribution in [3.05, 3.63) is 0 Å². The maximum absolute atomic E-state index is 3.83. The Labute approximate surface area is 99.8 Å². The zero-order valence-electron chi connectivity index (χ0n) is 11.0. The van der Waals surface area contributed by atoms with Crippen molar-refractivity contribution < 1.29 is 0 Å². The summed E-state index contributed by atoms with van der Waals surface area (Å²) < 4.78 is 0. The van der Waals surface area contributed by atoms with E-state index in [2.05, 4.69) is 51.7 Å². The van der Waals surface area contributed by atoms with Crippen LogP contribution >= 0.6 is 11.8 Å². The van der Waals surface area contributed by atoms with Gasteiger partial charge < -0.3 is 5.32 Å². The Morgan fingerprint density at radius 2 is 1.87 bits per heavy atom. The van der Waals surface area contributed by atoms with Crippen LogP contribution in [0.2, 0.25) is 0 Å². The Morgan fingerprint density at radius 3 is 2.33 bits per heavy atom. The summed E-state index contributed by atoms with van der Waals surface area (Å²) in [6.07, 6.45) is 3.98. The van der Waals surface area contributed by atoms with Gasteiger partial charge in [0.05, 0.1) is 0 Å². The molecule has 90 valence electrons. The van der Waals surface area contributed by atoms with Crippen LogP contribution in [0.15, 0.2) is 0 Å². The summed E-state index contributed by atoms with van der Waals surface area (Å²) in [5, 5.41) is 3.83. The monoisotopic (exact) mass is 229 g/mol. The van der Waals surface area contributed by atoms with Gasteiger partial charge in [0.1, 0.15) is 0 Å². The van der Waals surface area contributed by atoms with Gasteiger partial charge >= 0.3 is 0 Å². The maximum atomic E-state index is 3.83. The molecule has 0 unspecified atom stereocenters. The highest BCUT2D eigenvalue weighted by Crippen LogP contribution is 2.28. The fourth-order valence-electron chi connectivity index (χ4n) is 2.78. The molecule has 0 aromatic rings. The lowest BCUT2D eigenvalue weighted by Gasteiger charge is -2.38. The average Bonchev–Trinajstić information content (AvgIpc) is 1.99. The van der Waals surface area contributed by atoms with E-state index in [0.29, 0.717) is 5.41 Å². The number of hydrogen-bond acceptors (Lipinski definition) is 2. The van der Waals surface area contributed by atoms with Crippen LogP contribution in [-0.4, -0.2) is 23.1 Å². The van der Waals surface area contributed by atoms with E-state index in [-0.39, 0.29) is 5.54 Å². The quantitative estimate of drug-likeness (QED) is 0.792. The molecule has 15 heavy (non-hydrogen) atoms. The molecule has 1 aliphatic heterocycles. The fraction of sp³-hybridized carbons (Fsp3) is 1.00. The average molecular weight is 229 g/mol.